The van der Waals surface area contributed by atoms with Crippen molar-refractivity contribution in [3.05, 3.63) is 83.7 Å². The van der Waals surface area contributed by atoms with Gasteiger partial charge in [-0.15, -0.1) is 13.2 Å². The number of nitrogens with two attached hydrogens (primary N) is 1. The standard InChI is InChI=1S/C24H18F5N5O/c25-19-7-4-15(12-17(19)18-13-31-10-8-20(18)26)23(21-32-9-1-11-34(21)22(30)33-23)14-2-5-16(6-3-14)35-24(27,28)29/h2-8,10,12-13H,1,9,11H2,(H2,30,33). The maximum Gasteiger partial charge on any atom is 0.573 e. The Morgan fingerprint density at radius 1 is 0.943 bits per heavy atom. The van der Waals surface area contributed by atoms with Crippen molar-refractivity contribution in [1.29, 1.82) is 0 Å². The normalized spacial score (nSPS) is 19.7. The summed E-state index contributed by atoms with van der Waals surface area (Å²) in [5.74, 6) is -1.13. The summed E-state index contributed by atoms with van der Waals surface area (Å²) >= 11 is 0. The molecule has 0 spiro atoms. The Bertz CT molecular complexity index is 1340. The first-order chi connectivity index (χ1) is 16.7. The second-order valence-corrected chi connectivity index (χ2v) is 8.01. The predicted molar refractivity (Wildman–Crippen MR) is 119 cm³/mol. The smallest absolute Gasteiger partial charge is 0.406 e. The second-order valence-electron chi connectivity index (χ2n) is 8.01. The molecule has 0 fully saturated rings. The van der Waals surface area contributed by atoms with Crippen molar-refractivity contribution < 1.29 is 26.7 Å². The number of alkyl halides is 3. The fraction of sp³-hybridized carbons (Fsp3) is 0.208. The number of nitrogens with zero attached hydrogens (tertiary/aromatic N) is 4. The lowest BCUT2D eigenvalue weighted by Crippen LogP contribution is -2.46. The van der Waals surface area contributed by atoms with Crippen LogP contribution < -0.4 is 10.5 Å². The van der Waals surface area contributed by atoms with Crippen LogP contribution >= 0.6 is 0 Å². The van der Waals surface area contributed by atoms with Gasteiger partial charge in [0.1, 0.15) is 23.2 Å². The lowest BCUT2D eigenvalue weighted by atomic mass is 9.81. The monoisotopic (exact) mass is 487 g/mol. The molecule has 2 aromatic carbocycles. The Balaban J connectivity index is 1.71. The Morgan fingerprint density at radius 2 is 1.66 bits per heavy atom. The Labute approximate surface area is 196 Å². The Kier molecular flexibility index (Phi) is 5.42. The number of guanidine groups is 1. The van der Waals surface area contributed by atoms with E-state index in [4.69, 9.17) is 10.7 Å². The Morgan fingerprint density at radius 3 is 2.37 bits per heavy atom. The highest BCUT2D eigenvalue weighted by molar-refractivity contribution is 6.12. The molecule has 6 nitrogen and oxygen atoms in total. The van der Waals surface area contributed by atoms with Gasteiger partial charge in [-0.1, -0.05) is 18.2 Å². The molecule has 0 bridgehead atoms. The van der Waals surface area contributed by atoms with Gasteiger partial charge >= 0.3 is 6.36 Å². The van der Waals surface area contributed by atoms with Crippen LogP contribution in [0.4, 0.5) is 22.0 Å². The van der Waals surface area contributed by atoms with Crippen molar-refractivity contribution in [1.82, 2.24) is 9.88 Å². The minimum absolute atomic E-state index is 0.0479. The maximum atomic E-state index is 14.9. The molecule has 0 radical (unpaired) electrons. The second kappa shape index (κ2) is 8.33. The number of amidine groups is 1. The summed E-state index contributed by atoms with van der Waals surface area (Å²) in [6.45, 7) is 1.02. The van der Waals surface area contributed by atoms with Gasteiger partial charge in [0.25, 0.3) is 0 Å². The quantitative estimate of drug-likeness (QED) is 0.546. The third kappa shape index (κ3) is 3.96. The zero-order valence-electron chi connectivity index (χ0n) is 18.1. The predicted octanol–water partition coefficient (Wildman–Crippen LogP) is 4.60. The third-order valence-corrected chi connectivity index (χ3v) is 5.89. The highest BCUT2D eigenvalue weighted by Crippen LogP contribution is 2.43. The number of benzene rings is 2. The summed E-state index contributed by atoms with van der Waals surface area (Å²) in [4.78, 5) is 14.9. The van der Waals surface area contributed by atoms with E-state index in [1.165, 1.54) is 42.7 Å². The first-order valence-electron chi connectivity index (χ1n) is 10.6. The van der Waals surface area contributed by atoms with Crippen molar-refractivity contribution in [3.8, 4) is 16.9 Å². The van der Waals surface area contributed by atoms with Gasteiger partial charge in [-0.05, 0) is 47.9 Å². The van der Waals surface area contributed by atoms with Crippen LogP contribution in [0.25, 0.3) is 11.1 Å². The molecule has 0 saturated heterocycles. The number of fused-ring (bicyclic) bond motifs is 1. The fourth-order valence-corrected chi connectivity index (χ4v) is 4.40. The fourth-order valence-electron chi connectivity index (χ4n) is 4.40. The first kappa shape index (κ1) is 22.8. The van der Waals surface area contributed by atoms with E-state index in [0.717, 1.165) is 24.6 Å². The minimum atomic E-state index is -4.85. The molecule has 2 N–H and O–H groups in total. The SMILES string of the molecule is NC1=NC(c2ccc(OC(F)(F)F)cc2)(c2ccc(F)c(-c3cnccc3F)c2)C2=NCCCN12. The minimum Gasteiger partial charge on any atom is -0.406 e. The van der Waals surface area contributed by atoms with Crippen LogP contribution in [0.3, 0.4) is 0 Å². The zero-order chi connectivity index (χ0) is 24.8. The summed E-state index contributed by atoms with van der Waals surface area (Å²) in [6, 6.07) is 10.4. The molecule has 11 heteroatoms. The summed E-state index contributed by atoms with van der Waals surface area (Å²) in [5, 5.41) is 0. The van der Waals surface area contributed by atoms with E-state index in [0.29, 0.717) is 30.1 Å². The van der Waals surface area contributed by atoms with Crippen LogP contribution in [-0.2, 0) is 5.54 Å². The largest absolute Gasteiger partial charge is 0.573 e. The van der Waals surface area contributed by atoms with Crippen LogP contribution in [0.2, 0.25) is 0 Å². The number of halogens is 5. The van der Waals surface area contributed by atoms with Gasteiger partial charge in [-0.25, -0.2) is 13.8 Å². The average Bonchev–Trinajstić information content (AvgIpc) is 3.13. The summed E-state index contributed by atoms with van der Waals surface area (Å²) in [7, 11) is 0. The van der Waals surface area contributed by atoms with Gasteiger partial charge in [0.05, 0.1) is 0 Å². The van der Waals surface area contributed by atoms with E-state index in [2.05, 4.69) is 14.7 Å². The number of hydrogen-bond donors (Lipinski definition) is 1. The van der Waals surface area contributed by atoms with E-state index in [1.54, 1.807) is 4.90 Å². The number of hydrogen-bond acceptors (Lipinski definition) is 6. The molecule has 0 aliphatic carbocycles. The summed E-state index contributed by atoms with van der Waals surface area (Å²) < 4.78 is 71.4. The molecule has 180 valence electrons. The number of rotatable bonds is 4. The van der Waals surface area contributed by atoms with E-state index in [-0.39, 0.29) is 17.1 Å². The molecular weight excluding hydrogens is 469 g/mol. The van der Waals surface area contributed by atoms with E-state index in [1.807, 2.05) is 0 Å². The van der Waals surface area contributed by atoms with Crippen LogP contribution in [0.5, 0.6) is 5.75 Å². The van der Waals surface area contributed by atoms with Crippen LogP contribution in [0.15, 0.2) is 70.9 Å². The summed E-state index contributed by atoms with van der Waals surface area (Å²) in [6.07, 6.45) is -1.66. The van der Waals surface area contributed by atoms with Gasteiger partial charge in [-0.2, -0.15) is 0 Å². The lowest BCUT2D eigenvalue weighted by Gasteiger charge is -2.33. The molecule has 35 heavy (non-hydrogen) atoms. The highest BCUT2D eigenvalue weighted by Gasteiger charge is 2.49. The van der Waals surface area contributed by atoms with Gasteiger partial charge < -0.3 is 10.5 Å². The molecule has 5 rings (SSSR count). The van der Waals surface area contributed by atoms with E-state index in [9.17, 15) is 22.0 Å². The number of aromatic nitrogens is 1. The molecule has 2 aliphatic rings. The van der Waals surface area contributed by atoms with Crippen molar-refractivity contribution in [2.45, 2.75) is 18.3 Å². The van der Waals surface area contributed by atoms with E-state index >= 15 is 0 Å². The van der Waals surface area contributed by atoms with Crippen LogP contribution in [0.1, 0.15) is 17.5 Å². The molecule has 1 atom stereocenters. The van der Waals surface area contributed by atoms with E-state index < -0.39 is 29.3 Å². The van der Waals surface area contributed by atoms with Gasteiger partial charge in [0.15, 0.2) is 11.5 Å². The molecule has 0 amide bonds. The van der Waals surface area contributed by atoms with Gasteiger partial charge in [0.2, 0.25) is 0 Å². The van der Waals surface area contributed by atoms with Crippen molar-refractivity contribution in [2.75, 3.05) is 13.1 Å². The molecule has 0 saturated carbocycles. The van der Waals surface area contributed by atoms with Gasteiger partial charge in [0, 0.05) is 36.6 Å². The highest BCUT2D eigenvalue weighted by atomic mass is 19.4. The van der Waals surface area contributed by atoms with Gasteiger partial charge in [-0.3, -0.25) is 14.9 Å². The Hall–Kier alpha value is -4.02. The number of aliphatic imine (C=N–C) groups is 2. The lowest BCUT2D eigenvalue weighted by molar-refractivity contribution is -0.274. The van der Waals surface area contributed by atoms with Crippen molar-refractivity contribution in [2.24, 2.45) is 15.7 Å². The maximum absolute atomic E-state index is 14.9. The molecule has 2 aliphatic heterocycles. The number of pyridine rings is 1. The topological polar surface area (TPSA) is 76.1 Å². The molecule has 1 aromatic heterocycles. The summed E-state index contributed by atoms with van der Waals surface area (Å²) in [5.41, 5.74) is 5.59. The van der Waals surface area contributed by atoms with Crippen molar-refractivity contribution in [3.63, 3.8) is 0 Å². The zero-order valence-corrected chi connectivity index (χ0v) is 18.1. The number of ether oxygens (including phenoxy) is 1. The first-order valence-corrected chi connectivity index (χ1v) is 10.6. The molecule has 1 unspecified atom stereocenters. The average molecular weight is 487 g/mol. The van der Waals surface area contributed by atoms with Crippen LogP contribution in [-0.4, -0.2) is 41.1 Å². The van der Waals surface area contributed by atoms with Crippen LogP contribution in [0, 0.1) is 11.6 Å². The third-order valence-electron chi connectivity index (χ3n) is 5.89. The molecule has 3 aromatic rings. The molecule has 3 heterocycles. The molecular formula is C24H18F5N5O. The van der Waals surface area contributed by atoms with Crippen molar-refractivity contribution >= 4 is 11.8 Å².